The zero-order valence-electron chi connectivity index (χ0n) is 13.5. The van der Waals surface area contributed by atoms with E-state index in [0.717, 1.165) is 24.5 Å². The molecule has 1 aromatic rings. The first-order chi connectivity index (χ1) is 10.2. The summed E-state index contributed by atoms with van der Waals surface area (Å²) in [5, 5.41) is 4.39. The summed E-state index contributed by atoms with van der Waals surface area (Å²) in [6.45, 7) is 4.16. The highest BCUT2D eigenvalue weighted by atomic mass is 35.5. The van der Waals surface area contributed by atoms with E-state index in [-0.39, 0.29) is 0 Å². The van der Waals surface area contributed by atoms with Crippen molar-refractivity contribution in [3.05, 3.63) is 28.8 Å². The topological polar surface area (TPSA) is 15.3 Å². The minimum Gasteiger partial charge on any atom is -0.370 e. The quantitative estimate of drug-likeness (QED) is 0.588. The summed E-state index contributed by atoms with van der Waals surface area (Å²) < 4.78 is 0. The molecule has 21 heavy (non-hydrogen) atoms. The maximum Gasteiger partial charge on any atom is 0.0642 e. The summed E-state index contributed by atoms with van der Waals surface area (Å²) in [4.78, 5) is 2.44. The van der Waals surface area contributed by atoms with Crippen LogP contribution in [0.25, 0.3) is 0 Å². The van der Waals surface area contributed by atoms with E-state index in [9.17, 15) is 0 Å². The number of anilines is 1. The van der Waals surface area contributed by atoms with Crippen LogP contribution in [-0.2, 0) is 6.54 Å². The molecule has 3 heteroatoms. The van der Waals surface area contributed by atoms with Gasteiger partial charge in [-0.2, -0.15) is 0 Å². The van der Waals surface area contributed by atoms with Crippen LogP contribution in [0.4, 0.5) is 5.69 Å². The fourth-order valence-electron chi connectivity index (χ4n) is 3.33. The van der Waals surface area contributed by atoms with Crippen molar-refractivity contribution < 1.29 is 0 Å². The zero-order valence-corrected chi connectivity index (χ0v) is 14.3. The molecule has 0 spiro atoms. The second-order valence-corrected chi connectivity index (χ2v) is 6.59. The Bertz CT molecular complexity index is 425. The molecule has 2 rings (SSSR count). The lowest BCUT2D eigenvalue weighted by Gasteiger charge is -2.32. The van der Waals surface area contributed by atoms with Gasteiger partial charge in [0.25, 0.3) is 0 Å². The number of para-hydroxylation sites is 1. The van der Waals surface area contributed by atoms with Gasteiger partial charge in [-0.25, -0.2) is 0 Å². The number of halogens is 1. The summed E-state index contributed by atoms with van der Waals surface area (Å²) in [7, 11) is 2.22. The fourth-order valence-corrected chi connectivity index (χ4v) is 3.65. The van der Waals surface area contributed by atoms with E-state index in [0.29, 0.717) is 6.04 Å². The summed E-state index contributed by atoms with van der Waals surface area (Å²) in [5.74, 6) is 0. The molecule has 2 nitrogen and oxygen atoms in total. The van der Waals surface area contributed by atoms with Gasteiger partial charge in [-0.15, -0.1) is 0 Å². The molecule has 0 radical (unpaired) electrons. The van der Waals surface area contributed by atoms with Gasteiger partial charge in [-0.05, 0) is 37.4 Å². The molecule has 0 amide bonds. The van der Waals surface area contributed by atoms with Gasteiger partial charge in [0.05, 0.1) is 10.7 Å². The minimum atomic E-state index is 0.636. The van der Waals surface area contributed by atoms with Crippen LogP contribution in [0.15, 0.2) is 18.2 Å². The monoisotopic (exact) mass is 308 g/mol. The van der Waals surface area contributed by atoms with Crippen LogP contribution in [0.1, 0.15) is 57.4 Å². The first kappa shape index (κ1) is 16.6. The maximum atomic E-state index is 6.53. The molecule has 118 valence electrons. The lowest BCUT2D eigenvalue weighted by molar-refractivity contribution is 0.550. The number of nitrogens with zero attached hydrogens (tertiary/aromatic N) is 1. The third kappa shape index (κ3) is 4.62. The largest absolute Gasteiger partial charge is 0.370 e. The van der Waals surface area contributed by atoms with E-state index in [1.54, 1.807) is 0 Å². The second kappa shape index (κ2) is 8.65. The van der Waals surface area contributed by atoms with Crippen LogP contribution in [-0.4, -0.2) is 19.6 Å². The normalized spacial score (nSPS) is 16.7. The van der Waals surface area contributed by atoms with Crippen molar-refractivity contribution in [3.63, 3.8) is 0 Å². The zero-order chi connectivity index (χ0) is 15.1. The van der Waals surface area contributed by atoms with Crippen LogP contribution < -0.4 is 10.2 Å². The number of benzene rings is 1. The van der Waals surface area contributed by atoms with E-state index >= 15 is 0 Å². The molecular weight excluding hydrogens is 280 g/mol. The molecular formula is C18H29ClN2. The number of nitrogens with one attached hydrogen (secondary N) is 1. The smallest absolute Gasteiger partial charge is 0.0642 e. The lowest BCUT2D eigenvalue weighted by Crippen LogP contribution is -2.32. The molecule has 0 atom stereocenters. The average Bonchev–Trinajstić information content (AvgIpc) is 2.76. The summed E-state index contributed by atoms with van der Waals surface area (Å²) in [6, 6.07) is 6.93. The van der Waals surface area contributed by atoms with E-state index in [4.69, 9.17) is 11.6 Å². The molecule has 0 aromatic heterocycles. The summed E-state index contributed by atoms with van der Waals surface area (Å²) in [6.07, 6.45) is 9.22. The van der Waals surface area contributed by atoms with Gasteiger partial charge in [0.1, 0.15) is 0 Å². The van der Waals surface area contributed by atoms with E-state index < -0.39 is 0 Å². The molecule has 0 bridgehead atoms. The van der Waals surface area contributed by atoms with Gasteiger partial charge in [-0.1, -0.05) is 56.3 Å². The van der Waals surface area contributed by atoms with Gasteiger partial charge in [0, 0.05) is 19.6 Å². The second-order valence-electron chi connectivity index (χ2n) is 6.18. The average molecular weight is 309 g/mol. The van der Waals surface area contributed by atoms with Crippen molar-refractivity contribution in [3.8, 4) is 0 Å². The van der Waals surface area contributed by atoms with Gasteiger partial charge < -0.3 is 10.2 Å². The van der Waals surface area contributed by atoms with Crippen molar-refractivity contribution in [2.45, 2.75) is 64.5 Å². The van der Waals surface area contributed by atoms with Crippen LogP contribution in [0.5, 0.6) is 0 Å². The van der Waals surface area contributed by atoms with E-state index in [2.05, 4.69) is 36.3 Å². The van der Waals surface area contributed by atoms with Gasteiger partial charge in [0.2, 0.25) is 0 Å². The third-order valence-electron chi connectivity index (χ3n) is 4.54. The van der Waals surface area contributed by atoms with Crippen molar-refractivity contribution in [1.82, 2.24) is 5.32 Å². The Morgan fingerprint density at radius 1 is 1.19 bits per heavy atom. The Kier molecular flexibility index (Phi) is 6.85. The van der Waals surface area contributed by atoms with Gasteiger partial charge in [-0.3, -0.25) is 0 Å². The van der Waals surface area contributed by atoms with Crippen molar-refractivity contribution >= 4 is 17.3 Å². The van der Waals surface area contributed by atoms with Crippen molar-refractivity contribution in [1.29, 1.82) is 0 Å². The highest BCUT2D eigenvalue weighted by molar-refractivity contribution is 6.33. The molecule has 1 aliphatic carbocycles. The van der Waals surface area contributed by atoms with Crippen molar-refractivity contribution in [2.75, 3.05) is 18.5 Å². The Morgan fingerprint density at radius 2 is 1.90 bits per heavy atom. The van der Waals surface area contributed by atoms with E-state index in [1.807, 2.05) is 6.07 Å². The van der Waals surface area contributed by atoms with Crippen LogP contribution in [0.3, 0.4) is 0 Å². The first-order valence-electron chi connectivity index (χ1n) is 8.45. The SMILES string of the molecule is CCCNCc1cccc(Cl)c1N(C)C1CCCCCC1. The molecule has 1 saturated carbocycles. The Hall–Kier alpha value is -0.730. The van der Waals surface area contributed by atoms with Crippen LogP contribution in [0.2, 0.25) is 5.02 Å². The van der Waals surface area contributed by atoms with Crippen LogP contribution in [0, 0.1) is 0 Å². The highest BCUT2D eigenvalue weighted by Gasteiger charge is 2.21. The molecule has 0 saturated heterocycles. The molecule has 1 aliphatic rings. The standard InChI is InChI=1S/C18H29ClN2/c1-3-13-20-14-15-9-8-12-17(19)18(15)21(2)16-10-6-4-5-7-11-16/h8-9,12,16,20H,3-7,10-11,13-14H2,1-2H3. The fraction of sp³-hybridized carbons (Fsp3) is 0.667. The van der Waals surface area contributed by atoms with E-state index in [1.165, 1.54) is 49.8 Å². The first-order valence-corrected chi connectivity index (χ1v) is 8.82. The summed E-state index contributed by atoms with van der Waals surface area (Å²) in [5.41, 5.74) is 2.55. The Balaban J connectivity index is 2.15. The molecule has 0 heterocycles. The van der Waals surface area contributed by atoms with Gasteiger partial charge >= 0.3 is 0 Å². The minimum absolute atomic E-state index is 0.636. The Morgan fingerprint density at radius 3 is 2.57 bits per heavy atom. The van der Waals surface area contributed by atoms with Crippen LogP contribution >= 0.6 is 11.6 Å². The van der Waals surface area contributed by atoms with Crippen molar-refractivity contribution in [2.24, 2.45) is 0 Å². The molecule has 1 N–H and O–H groups in total. The molecule has 0 unspecified atom stereocenters. The predicted molar refractivity (Wildman–Crippen MR) is 93.3 cm³/mol. The number of rotatable bonds is 6. The molecule has 1 fully saturated rings. The number of hydrogen-bond acceptors (Lipinski definition) is 2. The molecule has 1 aromatic carbocycles. The highest BCUT2D eigenvalue weighted by Crippen LogP contribution is 2.33. The third-order valence-corrected chi connectivity index (χ3v) is 4.84. The predicted octanol–water partition coefficient (Wildman–Crippen LogP) is 5.00. The van der Waals surface area contributed by atoms with Gasteiger partial charge in [0.15, 0.2) is 0 Å². The maximum absolute atomic E-state index is 6.53. The lowest BCUT2D eigenvalue weighted by atomic mass is 10.0. The Labute approximate surface area is 134 Å². The molecule has 0 aliphatic heterocycles. The number of hydrogen-bond donors (Lipinski definition) is 1. The summed E-state index contributed by atoms with van der Waals surface area (Å²) >= 11 is 6.53.